The van der Waals surface area contributed by atoms with Crippen molar-refractivity contribution in [1.82, 2.24) is 4.90 Å². The van der Waals surface area contributed by atoms with Crippen LogP contribution in [0.3, 0.4) is 0 Å². The van der Waals surface area contributed by atoms with Gasteiger partial charge in [0, 0.05) is 22.8 Å². The van der Waals surface area contributed by atoms with Gasteiger partial charge in [0.25, 0.3) is 0 Å². The maximum Gasteiger partial charge on any atom is 0.0594 e. The topological polar surface area (TPSA) is 12.5 Å². The molecular formula is C23H33NOS. The maximum atomic E-state index is 5.37. The SMILES string of the molecule is CCCc1ccc(CCCCCN2CCOCC2)s1.Cc1cc2ccc1=2. The molecule has 0 atom stereocenters. The van der Waals surface area contributed by atoms with Gasteiger partial charge in [-0.3, -0.25) is 4.90 Å². The Kier molecular flexibility index (Phi) is 7.72. The van der Waals surface area contributed by atoms with Crippen molar-refractivity contribution in [3.63, 3.8) is 0 Å². The average molecular weight is 372 g/mol. The molecule has 1 aliphatic heterocycles. The van der Waals surface area contributed by atoms with Gasteiger partial charge in [0.15, 0.2) is 0 Å². The molecule has 4 rings (SSSR count). The van der Waals surface area contributed by atoms with E-state index in [0.717, 1.165) is 26.3 Å². The molecule has 0 aromatic carbocycles. The van der Waals surface area contributed by atoms with Gasteiger partial charge in [0.2, 0.25) is 0 Å². The van der Waals surface area contributed by atoms with Gasteiger partial charge in [0.1, 0.15) is 0 Å². The number of unbranched alkanes of at least 4 members (excludes halogenated alkanes) is 2. The molecule has 3 aliphatic rings. The molecule has 0 amide bonds. The highest BCUT2D eigenvalue weighted by molar-refractivity contribution is 7.11. The van der Waals surface area contributed by atoms with Crippen LogP contribution in [0.15, 0.2) is 30.3 Å². The summed E-state index contributed by atoms with van der Waals surface area (Å²) in [6, 6.07) is 11.1. The zero-order valence-corrected chi connectivity index (χ0v) is 17.2. The number of thiophene rings is 1. The number of morpholine rings is 1. The largest absolute Gasteiger partial charge is 0.379 e. The molecule has 1 aromatic heterocycles. The van der Waals surface area contributed by atoms with Gasteiger partial charge in [0.05, 0.1) is 13.2 Å². The Morgan fingerprint density at radius 1 is 0.962 bits per heavy atom. The first-order chi connectivity index (χ1) is 12.8. The van der Waals surface area contributed by atoms with E-state index >= 15 is 0 Å². The van der Waals surface area contributed by atoms with Crippen molar-refractivity contribution in [2.24, 2.45) is 0 Å². The normalized spacial score (nSPS) is 15.5. The monoisotopic (exact) mass is 371 g/mol. The quantitative estimate of drug-likeness (QED) is 0.496. The molecule has 0 bridgehead atoms. The van der Waals surface area contributed by atoms with E-state index in [1.807, 2.05) is 11.3 Å². The molecule has 1 fully saturated rings. The van der Waals surface area contributed by atoms with Gasteiger partial charge < -0.3 is 4.74 Å². The van der Waals surface area contributed by atoms with E-state index < -0.39 is 0 Å². The standard InChI is InChI=1S/C16H27NOS.C7H6/c1-2-6-15-8-9-16(19-15)7-4-3-5-10-17-11-13-18-14-12-17;1-5-4-6-2-3-7(5)6/h8-9H,2-7,10-14H2,1H3;2-4H,1H3. The van der Waals surface area contributed by atoms with E-state index in [1.54, 1.807) is 9.75 Å². The van der Waals surface area contributed by atoms with Crippen LogP contribution in [0.1, 0.15) is 47.9 Å². The molecular weight excluding hydrogens is 338 g/mol. The van der Waals surface area contributed by atoms with Gasteiger partial charge in [-0.1, -0.05) is 38.0 Å². The summed E-state index contributed by atoms with van der Waals surface area (Å²) < 4.78 is 5.37. The first-order valence-corrected chi connectivity index (χ1v) is 11.1. The molecule has 1 saturated heterocycles. The second-order valence-electron chi connectivity index (χ2n) is 7.41. The molecule has 1 aromatic rings. The van der Waals surface area contributed by atoms with Crippen molar-refractivity contribution in [3.05, 3.63) is 56.1 Å². The average Bonchev–Trinajstić information content (AvgIpc) is 3.08. The summed E-state index contributed by atoms with van der Waals surface area (Å²) in [5, 5.41) is 2.91. The predicted octanol–water partition coefficient (Wildman–Crippen LogP) is 5.34. The van der Waals surface area contributed by atoms with Crippen LogP contribution in [-0.4, -0.2) is 37.7 Å². The Labute approximate surface area is 162 Å². The van der Waals surface area contributed by atoms with Gasteiger partial charge in [-0.05, 0) is 67.3 Å². The molecule has 2 aliphatic carbocycles. The third-order valence-electron chi connectivity index (χ3n) is 5.25. The fraction of sp³-hybridized carbons (Fsp3) is 0.565. The summed E-state index contributed by atoms with van der Waals surface area (Å²) in [6.45, 7) is 9.77. The lowest BCUT2D eigenvalue weighted by atomic mass is 10.0. The van der Waals surface area contributed by atoms with E-state index in [9.17, 15) is 0 Å². The van der Waals surface area contributed by atoms with Crippen LogP contribution in [0, 0.1) is 17.4 Å². The highest BCUT2D eigenvalue weighted by Gasteiger charge is 2.09. The summed E-state index contributed by atoms with van der Waals surface area (Å²) in [4.78, 5) is 5.68. The Morgan fingerprint density at radius 3 is 2.27 bits per heavy atom. The highest BCUT2D eigenvalue weighted by Crippen LogP contribution is 2.20. The molecule has 26 heavy (non-hydrogen) atoms. The Bertz CT molecular complexity index is 761. The number of rotatable bonds is 8. The second-order valence-corrected chi connectivity index (χ2v) is 8.67. The number of hydrogen-bond acceptors (Lipinski definition) is 3. The van der Waals surface area contributed by atoms with Crippen LogP contribution in [-0.2, 0) is 17.6 Å². The lowest BCUT2D eigenvalue weighted by Gasteiger charge is -2.26. The lowest BCUT2D eigenvalue weighted by molar-refractivity contribution is 0.0371. The van der Waals surface area contributed by atoms with Crippen LogP contribution in [0.5, 0.6) is 0 Å². The van der Waals surface area contributed by atoms with Crippen LogP contribution in [0.25, 0.3) is 0 Å². The molecule has 0 radical (unpaired) electrons. The molecule has 142 valence electrons. The molecule has 0 N–H and O–H groups in total. The number of nitrogens with zero attached hydrogens (tertiary/aromatic N) is 1. The summed E-state index contributed by atoms with van der Waals surface area (Å²) in [7, 11) is 0. The van der Waals surface area contributed by atoms with Gasteiger partial charge in [-0.15, -0.1) is 11.3 Å². The molecule has 0 unspecified atom stereocenters. The van der Waals surface area contributed by atoms with Gasteiger partial charge in [-0.25, -0.2) is 0 Å². The zero-order chi connectivity index (χ0) is 18.2. The smallest absolute Gasteiger partial charge is 0.0594 e. The van der Waals surface area contributed by atoms with Crippen LogP contribution < -0.4 is 0 Å². The number of benzene rings is 1. The molecule has 3 heteroatoms. The van der Waals surface area contributed by atoms with E-state index in [1.165, 1.54) is 61.1 Å². The van der Waals surface area contributed by atoms with E-state index in [2.05, 4.69) is 49.1 Å². The minimum Gasteiger partial charge on any atom is -0.379 e. The summed E-state index contributed by atoms with van der Waals surface area (Å²) in [5.74, 6) is 0. The minimum atomic E-state index is 0.926. The minimum absolute atomic E-state index is 0.926. The van der Waals surface area contributed by atoms with Crippen molar-refractivity contribution in [3.8, 4) is 0 Å². The molecule has 2 heterocycles. The highest BCUT2D eigenvalue weighted by atomic mass is 32.1. The van der Waals surface area contributed by atoms with E-state index in [4.69, 9.17) is 4.74 Å². The second kappa shape index (κ2) is 10.2. The lowest BCUT2D eigenvalue weighted by Crippen LogP contribution is -2.36. The zero-order valence-electron chi connectivity index (χ0n) is 16.4. The summed E-state index contributed by atoms with van der Waals surface area (Å²) >= 11 is 2.02. The first kappa shape index (κ1) is 19.6. The third-order valence-corrected chi connectivity index (χ3v) is 6.46. The maximum absolute atomic E-state index is 5.37. The molecule has 0 spiro atoms. The van der Waals surface area contributed by atoms with E-state index in [0.29, 0.717) is 0 Å². The Morgan fingerprint density at radius 2 is 1.73 bits per heavy atom. The third kappa shape index (κ3) is 5.67. The fourth-order valence-electron chi connectivity index (χ4n) is 3.55. The van der Waals surface area contributed by atoms with E-state index in [-0.39, 0.29) is 0 Å². The van der Waals surface area contributed by atoms with Crippen molar-refractivity contribution in [2.75, 3.05) is 32.8 Å². The van der Waals surface area contributed by atoms with Crippen molar-refractivity contribution in [2.45, 2.75) is 52.4 Å². The number of hydrogen-bond donors (Lipinski definition) is 0. The first-order valence-electron chi connectivity index (χ1n) is 10.2. The van der Waals surface area contributed by atoms with Crippen LogP contribution in [0.4, 0.5) is 0 Å². The van der Waals surface area contributed by atoms with Crippen LogP contribution in [0.2, 0.25) is 0 Å². The van der Waals surface area contributed by atoms with Crippen molar-refractivity contribution >= 4 is 11.3 Å². The van der Waals surface area contributed by atoms with Gasteiger partial charge in [-0.2, -0.15) is 0 Å². The molecule has 0 saturated carbocycles. The number of ether oxygens (including phenoxy) is 1. The van der Waals surface area contributed by atoms with Crippen molar-refractivity contribution < 1.29 is 4.74 Å². The predicted molar refractivity (Wildman–Crippen MR) is 112 cm³/mol. The summed E-state index contributed by atoms with van der Waals surface area (Å²) in [6.07, 6.45) is 7.83. The number of aryl methyl sites for hydroxylation is 3. The van der Waals surface area contributed by atoms with Crippen molar-refractivity contribution in [1.29, 1.82) is 0 Å². The Hall–Kier alpha value is -1.16. The Balaban J connectivity index is 0.000000229. The van der Waals surface area contributed by atoms with Gasteiger partial charge >= 0.3 is 0 Å². The van der Waals surface area contributed by atoms with Crippen LogP contribution >= 0.6 is 11.3 Å². The summed E-state index contributed by atoms with van der Waals surface area (Å²) in [5.41, 5.74) is 1.44. The fourth-order valence-corrected chi connectivity index (χ4v) is 4.72. The molecule has 2 nitrogen and oxygen atoms in total.